The lowest BCUT2D eigenvalue weighted by molar-refractivity contribution is 1.32. The van der Waals surface area contributed by atoms with Gasteiger partial charge in [0.2, 0.25) is 0 Å². The second kappa shape index (κ2) is 11.7. The first kappa shape index (κ1) is 28.8. The van der Waals surface area contributed by atoms with Crippen molar-refractivity contribution in [2.75, 3.05) is 4.90 Å². The van der Waals surface area contributed by atoms with E-state index in [0.717, 1.165) is 5.69 Å². The number of nitrogens with zero attached hydrogens (tertiary/aromatic N) is 1. The van der Waals surface area contributed by atoms with Crippen molar-refractivity contribution in [2.45, 2.75) is 0 Å². The van der Waals surface area contributed by atoms with Crippen LogP contribution in [-0.4, -0.2) is 0 Å². The largest absolute Gasteiger partial charge is 0.308 e. The number of rotatable bonds is 5. The van der Waals surface area contributed by atoms with E-state index in [9.17, 15) is 0 Å². The average molecular weight is 654 g/mol. The van der Waals surface area contributed by atoms with Gasteiger partial charge >= 0.3 is 0 Å². The highest BCUT2D eigenvalue weighted by Gasteiger charge is 2.22. The molecular formula is C48H31NS. The first-order valence-electron chi connectivity index (χ1n) is 17.1. The molecule has 0 bridgehead atoms. The Morgan fingerprint density at radius 1 is 0.320 bits per heavy atom. The van der Waals surface area contributed by atoms with Crippen LogP contribution in [0.25, 0.3) is 74.7 Å². The molecule has 10 aromatic rings. The van der Waals surface area contributed by atoms with Crippen LogP contribution in [0.3, 0.4) is 0 Å². The molecule has 234 valence electrons. The van der Waals surface area contributed by atoms with Crippen LogP contribution in [0.15, 0.2) is 188 Å². The van der Waals surface area contributed by atoms with Gasteiger partial charge in [-0.25, -0.2) is 0 Å². The molecule has 0 saturated carbocycles. The van der Waals surface area contributed by atoms with Crippen molar-refractivity contribution in [1.29, 1.82) is 0 Å². The van der Waals surface area contributed by atoms with Crippen molar-refractivity contribution in [2.24, 2.45) is 0 Å². The van der Waals surface area contributed by atoms with Crippen LogP contribution in [-0.2, 0) is 0 Å². The number of fused-ring (bicyclic) bond motifs is 7. The average Bonchev–Trinajstić information content (AvgIpc) is 3.58. The van der Waals surface area contributed by atoms with Crippen LogP contribution in [0, 0.1) is 0 Å². The molecule has 0 aliphatic carbocycles. The summed E-state index contributed by atoms with van der Waals surface area (Å²) in [5.41, 5.74) is 8.43. The Bertz CT molecular complexity index is 2870. The highest BCUT2D eigenvalue weighted by atomic mass is 32.1. The summed E-state index contributed by atoms with van der Waals surface area (Å²) in [7, 11) is 0. The summed E-state index contributed by atoms with van der Waals surface area (Å²) in [6, 6.07) is 68.7. The van der Waals surface area contributed by atoms with Crippen LogP contribution in [0.1, 0.15) is 0 Å². The Morgan fingerprint density at radius 3 is 1.76 bits per heavy atom. The minimum atomic E-state index is 1.13. The lowest BCUT2D eigenvalue weighted by Crippen LogP contribution is -2.10. The van der Waals surface area contributed by atoms with Crippen molar-refractivity contribution in [3.05, 3.63) is 188 Å². The summed E-state index contributed by atoms with van der Waals surface area (Å²) in [6.07, 6.45) is 0. The van der Waals surface area contributed by atoms with Gasteiger partial charge in [-0.05, 0) is 79.5 Å². The van der Waals surface area contributed by atoms with E-state index in [0.29, 0.717) is 0 Å². The lowest BCUT2D eigenvalue weighted by Gasteiger charge is -2.28. The first-order chi connectivity index (χ1) is 24.8. The van der Waals surface area contributed by atoms with Crippen molar-refractivity contribution in [1.82, 2.24) is 0 Å². The summed E-state index contributed by atoms with van der Waals surface area (Å²) in [5.74, 6) is 0. The molecule has 10 rings (SSSR count). The standard InChI is InChI=1S/C48H31NS/c1-2-13-34(14-3-1)40-20-10-21-43-44-22-11-23-45(48(44)50-47(40)43)49(46-31-37-16-6-7-17-39(37)41-18-8-9-19-42(41)46)38-28-26-33(27-29-38)36-25-24-32-12-4-5-15-35(32)30-36/h1-31H. The van der Waals surface area contributed by atoms with Crippen molar-refractivity contribution in [3.63, 3.8) is 0 Å². The third-order valence-electron chi connectivity index (χ3n) is 10.0. The van der Waals surface area contributed by atoms with E-state index >= 15 is 0 Å². The summed E-state index contributed by atoms with van der Waals surface area (Å²) in [6.45, 7) is 0. The molecule has 0 aliphatic heterocycles. The highest BCUT2D eigenvalue weighted by Crippen LogP contribution is 2.49. The molecule has 1 aromatic heterocycles. The summed E-state index contributed by atoms with van der Waals surface area (Å²) in [5, 5.41) is 10.1. The Balaban J connectivity index is 1.22. The first-order valence-corrected chi connectivity index (χ1v) is 17.9. The Morgan fingerprint density at radius 2 is 0.940 bits per heavy atom. The second-order valence-corrected chi connectivity index (χ2v) is 13.9. The maximum atomic E-state index is 2.48. The third-order valence-corrected chi connectivity index (χ3v) is 11.3. The minimum absolute atomic E-state index is 1.13. The van der Waals surface area contributed by atoms with Crippen LogP contribution < -0.4 is 4.90 Å². The van der Waals surface area contributed by atoms with Crippen molar-refractivity contribution >= 4 is 80.9 Å². The quantitative estimate of drug-likeness (QED) is 0.167. The van der Waals surface area contributed by atoms with Crippen LogP contribution in [0.5, 0.6) is 0 Å². The summed E-state index contributed by atoms with van der Waals surface area (Å²) in [4.78, 5) is 2.48. The SMILES string of the molecule is c1ccc(-c2cccc3c2sc2c(N(c4ccc(-c5ccc6ccccc6c5)cc4)c4cc5ccccc5c5ccccc45)cccc23)cc1. The van der Waals surface area contributed by atoms with E-state index in [2.05, 4.69) is 193 Å². The molecule has 1 nitrogen and oxygen atoms in total. The van der Waals surface area contributed by atoms with Gasteiger partial charge in [-0.2, -0.15) is 0 Å². The molecule has 1 heterocycles. The van der Waals surface area contributed by atoms with Gasteiger partial charge in [-0.1, -0.05) is 158 Å². The van der Waals surface area contributed by atoms with E-state index in [1.807, 2.05) is 11.3 Å². The molecular weight excluding hydrogens is 623 g/mol. The molecule has 2 heteroatoms. The molecule has 0 radical (unpaired) electrons. The Kier molecular flexibility index (Phi) is 6.75. The fraction of sp³-hybridized carbons (Fsp3) is 0. The van der Waals surface area contributed by atoms with E-state index in [-0.39, 0.29) is 0 Å². The molecule has 0 unspecified atom stereocenters. The zero-order valence-electron chi connectivity index (χ0n) is 27.3. The summed E-state index contributed by atoms with van der Waals surface area (Å²) < 4.78 is 2.60. The predicted octanol–water partition coefficient (Wildman–Crippen LogP) is 14.3. The van der Waals surface area contributed by atoms with Gasteiger partial charge in [0.05, 0.1) is 16.1 Å². The zero-order chi connectivity index (χ0) is 33.0. The van der Waals surface area contributed by atoms with E-state index in [1.54, 1.807) is 0 Å². The van der Waals surface area contributed by atoms with Crippen molar-refractivity contribution in [3.8, 4) is 22.3 Å². The normalized spacial score (nSPS) is 11.6. The maximum Gasteiger partial charge on any atom is 0.0640 e. The predicted molar refractivity (Wildman–Crippen MR) is 217 cm³/mol. The fourth-order valence-corrected chi connectivity index (χ4v) is 8.97. The molecule has 0 fully saturated rings. The summed E-state index contributed by atoms with van der Waals surface area (Å²) >= 11 is 1.90. The molecule has 50 heavy (non-hydrogen) atoms. The van der Waals surface area contributed by atoms with Gasteiger partial charge in [0, 0.05) is 26.5 Å². The fourth-order valence-electron chi connectivity index (χ4n) is 7.63. The highest BCUT2D eigenvalue weighted by molar-refractivity contribution is 7.27. The van der Waals surface area contributed by atoms with Gasteiger partial charge < -0.3 is 4.90 Å². The van der Waals surface area contributed by atoms with Crippen LogP contribution >= 0.6 is 11.3 Å². The molecule has 0 saturated heterocycles. The molecule has 0 amide bonds. The van der Waals surface area contributed by atoms with Crippen LogP contribution in [0.2, 0.25) is 0 Å². The van der Waals surface area contributed by atoms with E-state index in [1.165, 1.54) is 86.1 Å². The smallest absolute Gasteiger partial charge is 0.0640 e. The minimum Gasteiger partial charge on any atom is -0.308 e. The Labute approximate surface area is 294 Å². The number of thiophene rings is 1. The molecule has 0 aliphatic rings. The zero-order valence-corrected chi connectivity index (χ0v) is 28.1. The van der Waals surface area contributed by atoms with Gasteiger partial charge in [-0.15, -0.1) is 11.3 Å². The van der Waals surface area contributed by atoms with Crippen molar-refractivity contribution < 1.29 is 0 Å². The Hall–Kier alpha value is -6.22. The van der Waals surface area contributed by atoms with Gasteiger partial charge in [0.1, 0.15) is 0 Å². The van der Waals surface area contributed by atoms with Gasteiger partial charge in [-0.3, -0.25) is 0 Å². The van der Waals surface area contributed by atoms with Crippen LogP contribution in [0.4, 0.5) is 17.1 Å². The number of hydrogen-bond donors (Lipinski definition) is 0. The second-order valence-electron chi connectivity index (χ2n) is 12.9. The molecule has 0 spiro atoms. The molecule has 0 atom stereocenters. The number of benzene rings is 9. The number of hydrogen-bond acceptors (Lipinski definition) is 2. The van der Waals surface area contributed by atoms with E-state index < -0.39 is 0 Å². The lowest BCUT2D eigenvalue weighted by atomic mass is 9.98. The number of anilines is 3. The monoisotopic (exact) mass is 653 g/mol. The van der Waals surface area contributed by atoms with Gasteiger partial charge in [0.25, 0.3) is 0 Å². The van der Waals surface area contributed by atoms with Gasteiger partial charge in [0.15, 0.2) is 0 Å². The maximum absolute atomic E-state index is 2.48. The van der Waals surface area contributed by atoms with E-state index in [4.69, 9.17) is 0 Å². The topological polar surface area (TPSA) is 3.24 Å². The molecule has 0 N–H and O–H groups in total. The third kappa shape index (κ3) is 4.69. The molecule has 9 aromatic carbocycles.